The molecule has 1 aliphatic carbocycles. The maximum absolute atomic E-state index is 3.51. The molecule has 142 valence electrons. The fraction of sp³-hybridized carbons (Fsp3) is 0.455. The van der Waals surface area contributed by atoms with Gasteiger partial charge < -0.3 is 5.32 Å². The number of rotatable bonds is 4. The molecule has 1 N–H and O–H groups in total. The number of hydrogen-bond donors (Lipinski definition) is 1. The summed E-state index contributed by atoms with van der Waals surface area (Å²) in [6.45, 7) is 4.61. The first-order chi connectivity index (χ1) is 11.9. The molecule has 1 saturated heterocycles. The Morgan fingerprint density at radius 3 is 2.15 bits per heavy atom. The van der Waals surface area contributed by atoms with E-state index in [1.165, 1.54) is 55.5 Å². The molecule has 0 aromatic heterocycles. The zero-order chi connectivity index (χ0) is 16.2. The molecule has 2 fully saturated rings. The predicted molar refractivity (Wildman–Crippen MR) is 116 cm³/mol. The predicted octanol–water partition coefficient (Wildman–Crippen LogP) is 5.33. The molecule has 4 heteroatoms. The van der Waals surface area contributed by atoms with E-state index in [1.54, 1.807) is 0 Å². The summed E-state index contributed by atoms with van der Waals surface area (Å²) >= 11 is 0. The Hall–Kier alpha value is -1.06. The van der Waals surface area contributed by atoms with Crippen molar-refractivity contribution in [1.82, 2.24) is 10.2 Å². The second kappa shape index (κ2) is 10.3. The number of halogens is 2. The highest BCUT2D eigenvalue weighted by molar-refractivity contribution is 5.85. The molecule has 0 bridgehead atoms. The third kappa shape index (κ3) is 4.80. The zero-order valence-electron chi connectivity index (χ0n) is 15.3. The van der Waals surface area contributed by atoms with Crippen molar-refractivity contribution in [3.8, 4) is 11.1 Å². The van der Waals surface area contributed by atoms with E-state index >= 15 is 0 Å². The third-order valence-electron chi connectivity index (χ3n) is 5.73. The van der Waals surface area contributed by atoms with Crippen LogP contribution in [0.3, 0.4) is 0 Å². The molecular formula is C22H30Cl2N2. The lowest BCUT2D eigenvalue weighted by Gasteiger charge is -2.39. The monoisotopic (exact) mass is 392 g/mol. The molecule has 0 amide bonds. The first-order valence-corrected chi connectivity index (χ1v) is 9.52. The maximum atomic E-state index is 3.51. The summed E-state index contributed by atoms with van der Waals surface area (Å²) in [6, 6.07) is 20.7. The third-order valence-corrected chi connectivity index (χ3v) is 5.73. The van der Waals surface area contributed by atoms with Crippen molar-refractivity contribution in [2.75, 3.05) is 26.2 Å². The minimum absolute atomic E-state index is 0. The Kier molecular flexibility index (Phi) is 8.43. The summed E-state index contributed by atoms with van der Waals surface area (Å²) in [5.74, 6) is 0.828. The van der Waals surface area contributed by atoms with Gasteiger partial charge in [-0.15, -0.1) is 24.8 Å². The van der Waals surface area contributed by atoms with Crippen molar-refractivity contribution >= 4 is 24.8 Å². The van der Waals surface area contributed by atoms with Gasteiger partial charge in [-0.25, -0.2) is 0 Å². The molecule has 1 atom stereocenters. The Bertz CT molecular complexity index is 650. The summed E-state index contributed by atoms with van der Waals surface area (Å²) in [4.78, 5) is 2.73. The largest absolute Gasteiger partial charge is 0.314 e. The zero-order valence-corrected chi connectivity index (χ0v) is 16.9. The number of hydrogen-bond acceptors (Lipinski definition) is 2. The van der Waals surface area contributed by atoms with Crippen LogP contribution in [0.2, 0.25) is 0 Å². The fourth-order valence-electron chi connectivity index (χ4n) is 4.55. The second-order valence-electron chi connectivity index (χ2n) is 7.27. The van der Waals surface area contributed by atoms with E-state index in [4.69, 9.17) is 0 Å². The van der Waals surface area contributed by atoms with E-state index in [0.717, 1.165) is 19.0 Å². The van der Waals surface area contributed by atoms with Gasteiger partial charge in [0.15, 0.2) is 0 Å². The van der Waals surface area contributed by atoms with Gasteiger partial charge in [0, 0.05) is 32.2 Å². The van der Waals surface area contributed by atoms with Gasteiger partial charge in [-0.3, -0.25) is 4.90 Å². The van der Waals surface area contributed by atoms with Crippen LogP contribution in [0.4, 0.5) is 0 Å². The summed E-state index contributed by atoms with van der Waals surface area (Å²) in [7, 11) is 0. The van der Waals surface area contributed by atoms with Gasteiger partial charge in [0.05, 0.1) is 0 Å². The Balaban J connectivity index is 0.00000121. The topological polar surface area (TPSA) is 15.3 Å². The molecule has 2 aliphatic rings. The maximum Gasteiger partial charge on any atom is 0.0377 e. The Morgan fingerprint density at radius 1 is 0.808 bits per heavy atom. The number of piperazine rings is 1. The molecule has 2 nitrogen and oxygen atoms in total. The molecule has 0 unspecified atom stereocenters. The smallest absolute Gasteiger partial charge is 0.0377 e. The van der Waals surface area contributed by atoms with Crippen molar-refractivity contribution in [2.24, 2.45) is 5.92 Å². The summed E-state index contributed by atoms with van der Waals surface area (Å²) < 4.78 is 0. The lowest BCUT2D eigenvalue weighted by molar-refractivity contribution is 0.125. The minimum Gasteiger partial charge on any atom is -0.314 e. The summed E-state index contributed by atoms with van der Waals surface area (Å²) in [5.41, 5.74) is 4.20. The van der Waals surface area contributed by atoms with E-state index in [1.807, 2.05) is 0 Å². The quantitative estimate of drug-likeness (QED) is 0.755. The van der Waals surface area contributed by atoms with Gasteiger partial charge in [-0.05, 0) is 41.5 Å². The van der Waals surface area contributed by atoms with Crippen LogP contribution in [0, 0.1) is 5.92 Å². The molecule has 1 aliphatic heterocycles. The average molecular weight is 393 g/mol. The molecule has 0 radical (unpaired) electrons. The highest BCUT2D eigenvalue weighted by Crippen LogP contribution is 2.40. The molecule has 1 saturated carbocycles. The van der Waals surface area contributed by atoms with Gasteiger partial charge in [0.1, 0.15) is 0 Å². The SMILES string of the molecule is Cl.Cl.c1ccc(-c2cccc([C@@H](C3CCCC3)N3CCNCC3)c2)cc1. The first kappa shape index (κ1) is 21.2. The number of benzene rings is 2. The van der Waals surface area contributed by atoms with E-state index in [0.29, 0.717) is 6.04 Å². The highest BCUT2D eigenvalue weighted by Gasteiger charge is 2.31. The van der Waals surface area contributed by atoms with Crippen molar-refractivity contribution in [2.45, 2.75) is 31.7 Å². The van der Waals surface area contributed by atoms with Crippen LogP contribution in [0.15, 0.2) is 54.6 Å². The lowest BCUT2D eigenvalue weighted by Crippen LogP contribution is -2.46. The normalized spacial score (nSPS) is 19.4. The van der Waals surface area contributed by atoms with Crippen LogP contribution >= 0.6 is 24.8 Å². The number of nitrogens with one attached hydrogen (secondary N) is 1. The highest BCUT2D eigenvalue weighted by atomic mass is 35.5. The molecule has 26 heavy (non-hydrogen) atoms. The average Bonchev–Trinajstić information content (AvgIpc) is 3.18. The van der Waals surface area contributed by atoms with Crippen LogP contribution in [0.1, 0.15) is 37.3 Å². The van der Waals surface area contributed by atoms with Crippen molar-refractivity contribution < 1.29 is 0 Å². The standard InChI is InChI=1S/C22H28N2.2ClH/c1-2-7-18(8-3-1)20-11-6-12-21(17-20)22(19-9-4-5-10-19)24-15-13-23-14-16-24;;/h1-3,6-8,11-12,17,19,22-23H,4-5,9-10,13-16H2;2*1H/t22-;;/m1../s1. The first-order valence-electron chi connectivity index (χ1n) is 9.52. The van der Waals surface area contributed by atoms with Crippen LogP contribution in [0.5, 0.6) is 0 Å². The molecule has 2 aromatic rings. The van der Waals surface area contributed by atoms with E-state index < -0.39 is 0 Å². The van der Waals surface area contributed by atoms with E-state index in [9.17, 15) is 0 Å². The van der Waals surface area contributed by atoms with Gasteiger partial charge in [-0.1, -0.05) is 61.4 Å². The van der Waals surface area contributed by atoms with Gasteiger partial charge in [0.2, 0.25) is 0 Å². The van der Waals surface area contributed by atoms with Crippen LogP contribution in [-0.2, 0) is 0 Å². The van der Waals surface area contributed by atoms with E-state index in [-0.39, 0.29) is 24.8 Å². The van der Waals surface area contributed by atoms with Crippen molar-refractivity contribution in [3.63, 3.8) is 0 Å². The molecular weight excluding hydrogens is 363 g/mol. The van der Waals surface area contributed by atoms with Crippen LogP contribution in [0.25, 0.3) is 11.1 Å². The van der Waals surface area contributed by atoms with Gasteiger partial charge in [-0.2, -0.15) is 0 Å². The summed E-state index contributed by atoms with van der Waals surface area (Å²) in [6.07, 6.45) is 5.60. The Labute approximate surface area is 170 Å². The Morgan fingerprint density at radius 2 is 1.46 bits per heavy atom. The fourth-order valence-corrected chi connectivity index (χ4v) is 4.55. The number of nitrogens with zero attached hydrogens (tertiary/aromatic N) is 1. The van der Waals surface area contributed by atoms with Crippen molar-refractivity contribution in [1.29, 1.82) is 0 Å². The van der Waals surface area contributed by atoms with E-state index in [2.05, 4.69) is 64.8 Å². The molecule has 4 rings (SSSR count). The van der Waals surface area contributed by atoms with Crippen molar-refractivity contribution in [3.05, 3.63) is 60.2 Å². The second-order valence-corrected chi connectivity index (χ2v) is 7.27. The molecule has 1 heterocycles. The van der Waals surface area contributed by atoms with Gasteiger partial charge in [0.25, 0.3) is 0 Å². The molecule has 2 aromatic carbocycles. The minimum atomic E-state index is 0. The van der Waals surface area contributed by atoms with Gasteiger partial charge >= 0.3 is 0 Å². The van der Waals surface area contributed by atoms with Crippen LogP contribution < -0.4 is 5.32 Å². The summed E-state index contributed by atoms with van der Waals surface area (Å²) in [5, 5.41) is 3.51. The lowest BCUT2D eigenvalue weighted by atomic mass is 9.88. The molecule has 0 spiro atoms. The van der Waals surface area contributed by atoms with Crippen LogP contribution in [-0.4, -0.2) is 31.1 Å².